The molecule has 176 valence electrons. The Morgan fingerprint density at radius 3 is 2.76 bits per heavy atom. The van der Waals surface area contributed by atoms with E-state index in [9.17, 15) is 9.59 Å². The number of rotatable bonds is 8. The van der Waals surface area contributed by atoms with Crippen molar-refractivity contribution in [3.05, 3.63) is 71.0 Å². The molecule has 9 nitrogen and oxygen atoms in total. The van der Waals surface area contributed by atoms with Crippen molar-refractivity contribution in [2.24, 2.45) is 5.10 Å². The van der Waals surface area contributed by atoms with Crippen LogP contribution in [0.5, 0.6) is 11.5 Å². The van der Waals surface area contributed by atoms with E-state index in [1.54, 1.807) is 37.4 Å². The number of fused-ring (bicyclic) bond motifs is 1. The Balaban J connectivity index is 1.38. The summed E-state index contributed by atoms with van der Waals surface area (Å²) >= 11 is 0. The van der Waals surface area contributed by atoms with Gasteiger partial charge in [-0.2, -0.15) is 5.10 Å². The number of nitrogens with zero attached hydrogens (tertiary/aromatic N) is 2. The van der Waals surface area contributed by atoms with Crippen molar-refractivity contribution in [2.45, 2.75) is 20.8 Å². The largest absolute Gasteiger partial charge is 0.462 e. The molecule has 9 heteroatoms. The summed E-state index contributed by atoms with van der Waals surface area (Å²) in [5.41, 5.74) is 7.36. The Bertz CT molecular complexity index is 1250. The molecule has 34 heavy (non-hydrogen) atoms. The average Bonchev–Trinajstić information content (AvgIpc) is 3.41. The van der Waals surface area contributed by atoms with Crippen LogP contribution in [0.1, 0.15) is 34.2 Å². The lowest BCUT2D eigenvalue weighted by Gasteiger charge is -2.11. The molecule has 0 spiro atoms. The highest BCUT2D eigenvalue weighted by Crippen LogP contribution is 2.34. The Kier molecular flexibility index (Phi) is 6.82. The number of aromatic nitrogens is 1. The number of hydrogen-bond acceptors (Lipinski definition) is 7. The number of carbonyl (C=O) groups is 2. The summed E-state index contributed by atoms with van der Waals surface area (Å²) in [6.45, 7) is 6.27. The van der Waals surface area contributed by atoms with Crippen LogP contribution >= 0.6 is 0 Å². The van der Waals surface area contributed by atoms with Crippen molar-refractivity contribution in [3.8, 4) is 17.2 Å². The predicted octanol–water partition coefficient (Wildman–Crippen LogP) is 3.56. The van der Waals surface area contributed by atoms with Crippen LogP contribution in [0, 0.1) is 13.8 Å². The second-order valence-corrected chi connectivity index (χ2v) is 7.65. The molecule has 1 amide bonds. The minimum atomic E-state index is -0.356. The third-order valence-electron chi connectivity index (χ3n) is 5.30. The molecule has 0 saturated heterocycles. The van der Waals surface area contributed by atoms with Crippen molar-refractivity contribution in [1.29, 1.82) is 0 Å². The molecule has 0 bridgehead atoms. The summed E-state index contributed by atoms with van der Waals surface area (Å²) in [6, 6.07) is 14.6. The third-order valence-corrected chi connectivity index (χ3v) is 5.30. The van der Waals surface area contributed by atoms with E-state index < -0.39 is 0 Å². The normalized spacial score (nSPS) is 12.1. The van der Waals surface area contributed by atoms with Crippen molar-refractivity contribution >= 4 is 23.8 Å². The van der Waals surface area contributed by atoms with E-state index >= 15 is 0 Å². The number of nitrogens with one attached hydrogen (secondary N) is 2. The molecule has 1 aliphatic heterocycles. The average molecular weight is 463 g/mol. The van der Waals surface area contributed by atoms with Crippen LogP contribution in [-0.2, 0) is 9.53 Å². The summed E-state index contributed by atoms with van der Waals surface area (Å²) in [4.78, 5) is 24.3. The monoisotopic (exact) mass is 462 g/mol. The molecule has 1 aromatic heterocycles. The number of ether oxygens (including phenoxy) is 3. The van der Waals surface area contributed by atoms with Crippen LogP contribution in [0.2, 0.25) is 0 Å². The van der Waals surface area contributed by atoms with Crippen LogP contribution in [-0.4, -0.2) is 42.6 Å². The fourth-order valence-corrected chi connectivity index (χ4v) is 3.70. The Hall–Kier alpha value is -4.27. The van der Waals surface area contributed by atoms with E-state index in [4.69, 9.17) is 14.2 Å². The first-order valence-corrected chi connectivity index (χ1v) is 10.9. The van der Waals surface area contributed by atoms with E-state index in [2.05, 4.69) is 15.8 Å². The predicted molar refractivity (Wildman–Crippen MR) is 128 cm³/mol. The first-order valence-electron chi connectivity index (χ1n) is 10.9. The zero-order valence-corrected chi connectivity index (χ0v) is 19.3. The van der Waals surface area contributed by atoms with Crippen LogP contribution < -0.4 is 20.2 Å². The summed E-state index contributed by atoms with van der Waals surface area (Å²) in [5.74, 6) is 0.687. The first-order chi connectivity index (χ1) is 16.5. The molecule has 0 aliphatic carbocycles. The third kappa shape index (κ3) is 5.03. The molecule has 0 fully saturated rings. The molecule has 2 aromatic carbocycles. The van der Waals surface area contributed by atoms with Gasteiger partial charge in [-0.25, -0.2) is 10.2 Å². The molecule has 4 rings (SSSR count). The Labute approximate surface area is 197 Å². The molecule has 3 aromatic rings. The number of amides is 1. The zero-order valence-electron chi connectivity index (χ0n) is 19.3. The minimum Gasteiger partial charge on any atom is -0.462 e. The number of esters is 1. The second kappa shape index (κ2) is 10.1. The fourth-order valence-electron chi connectivity index (χ4n) is 3.70. The Morgan fingerprint density at radius 1 is 1.12 bits per heavy atom. The number of hydrogen-bond donors (Lipinski definition) is 2. The van der Waals surface area contributed by atoms with E-state index in [0.717, 1.165) is 28.3 Å². The van der Waals surface area contributed by atoms with Crippen LogP contribution in [0.25, 0.3) is 5.69 Å². The smallest absolute Gasteiger partial charge is 0.338 e. The van der Waals surface area contributed by atoms with Gasteiger partial charge in [0.25, 0.3) is 5.91 Å². The van der Waals surface area contributed by atoms with Crippen molar-refractivity contribution in [1.82, 2.24) is 9.99 Å². The minimum absolute atomic E-state index is 0.0522. The van der Waals surface area contributed by atoms with Crippen LogP contribution in [0.4, 0.5) is 5.69 Å². The lowest BCUT2D eigenvalue weighted by molar-refractivity contribution is -0.119. The first kappa shape index (κ1) is 22.9. The molecular weight excluding hydrogens is 436 g/mol. The van der Waals surface area contributed by atoms with Gasteiger partial charge in [0.2, 0.25) is 6.79 Å². The van der Waals surface area contributed by atoms with Crippen LogP contribution in [0.15, 0.2) is 53.6 Å². The van der Waals surface area contributed by atoms with Gasteiger partial charge in [-0.1, -0.05) is 6.07 Å². The summed E-state index contributed by atoms with van der Waals surface area (Å²) in [6.07, 6.45) is 1.60. The quantitative estimate of drug-likeness (QED) is 0.301. The van der Waals surface area contributed by atoms with Gasteiger partial charge >= 0.3 is 5.97 Å². The van der Waals surface area contributed by atoms with Crippen LogP contribution in [0.3, 0.4) is 0 Å². The highest BCUT2D eigenvalue weighted by atomic mass is 16.7. The number of hydrazone groups is 1. The number of carbonyl (C=O) groups excluding carboxylic acids is 2. The lowest BCUT2D eigenvalue weighted by atomic mass is 10.2. The van der Waals surface area contributed by atoms with Gasteiger partial charge in [-0.05, 0) is 57.2 Å². The molecule has 0 saturated carbocycles. The van der Waals surface area contributed by atoms with E-state index in [1.807, 2.05) is 42.7 Å². The van der Waals surface area contributed by atoms with Gasteiger partial charge in [-0.3, -0.25) is 4.79 Å². The second-order valence-electron chi connectivity index (χ2n) is 7.65. The van der Waals surface area contributed by atoms with Gasteiger partial charge in [0.05, 0.1) is 24.9 Å². The summed E-state index contributed by atoms with van der Waals surface area (Å²) in [5, 5.41) is 7.12. The molecule has 0 atom stereocenters. The fraction of sp³-hybridized carbons (Fsp3) is 0.240. The molecular formula is C25H26N4O5. The molecule has 0 radical (unpaired) electrons. The number of benzene rings is 2. The highest BCUT2D eigenvalue weighted by molar-refractivity contribution is 5.90. The maximum atomic E-state index is 12.2. The zero-order chi connectivity index (χ0) is 24.1. The van der Waals surface area contributed by atoms with Gasteiger partial charge in [0.15, 0.2) is 11.5 Å². The Morgan fingerprint density at radius 2 is 1.94 bits per heavy atom. The highest BCUT2D eigenvalue weighted by Gasteiger charge is 2.14. The van der Waals surface area contributed by atoms with Gasteiger partial charge in [0.1, 0.15) is 0 Å². The molecule has 1 aliphatic rings. The van der Waals surface area contributed by atoms with E-state index in [0.29, 0.717) is 23.7 Å². The maximum Gasteiger partial charge on any atom is 0.338 e. The van der Waals surface area contributed by atoms with Crippen molar-refractivity contribution < 1.29 is 23.8 Å². The lowest BCUT2D eigenvalue weighted by Crippen LogP contribution is -2.25. The molecule has 2 N–H and O–H groups in total. The van der Waals surface area contributed by atoms with E-state index in [1.165, 1.54) is 0 Å². The van der Waals surface area contributed by atoms with Crippen molar-refractivity contribution in [3.63, 3.8) is 0 Å². The van der Waals surface area contributed by atoms with Gasteiger partial charge < -0.3 is 24.1 Å². The SMILES string of the molecule is CCOC(=O)c1cccc(-n2c(C)cc(/C=N\NC(=O)CNc3ccc4c(c3)OCO4)c2C)c1. The summed E-state index contributed by atoms with van der Waals surface area (Å²) < 4.78 is 17.7. The van der Waals surface area contributed by atoms with E-state index in [-0.39, 0.29) is 25.2 Å². The number of anilines is 1. The topological polar surface area (TPSA) is 103 Å². The maximum absolute atomic E-state index is 12.2. The molecule has 2 heterocycles. The number of aryl methyl sites for hydroxylation is 1. The van der Waals surface area contributed by atoms with Gasteiger partial charge in [0, 0.05) is 34.4 Å². The standard InChI is InChI=1S/C25H26N4O5/c1-4-32-25(31)18-6-5-7-21(11-18)29-16(2)10-19(17(29)3)13-27-28-24(30)14-26-20-8-9-22-23(12-20)34-15-33-22/h5-13,26H,4,14-15H2,1-3H3,(H,28,30)/b27-13-. The van der Waals surface area contributed by atoms with Gasteiger partial charge in [-0.15, -0.1) is 0 Å². The summed E-state index contributed by atoms with van der Waals surface area (Å²) in [7, 11) is 0. The van der Waals surface area contributed by atoms with Crippen molar-refractivity contribution in [2.75, 3.05) is 25.3 Å². The molecule has 0 unspecified atom stereocenters.